The lowest BCUT2D eigenvalue weighted by Crippen LogP contribution is -2.46. The number of rotatable bonds is 15. The first-order valence-corrected chi connectivity index (χ1v) is 14.4. The molecule has 8 heteroatoms. The van der Waals surface area contributed by atoms with Gasteiger partial charge in [-0.2, -0.15) is 0 Å². The van der Waals surface area contributed by atoms with Gasteiger partial charge in [0.05, 0.1) is 5.39 Å². The van der Waals surface area contributed by atoms with Crippen molar-refractivity contribution >= 4 is 28.5 Å². The molecule has 2 heterocycles. The van der Waals surface area contributed by atoms with Crippen LogP contribution in [0.2, 0.25) is 0 Å². The van der Waals surface area contributed by atoms with Crippen molar-refractivity contribution in [1.29, 1.82) is 0 Å². The lowest BCUT2D eigenvalue weighted by Gasteiger charge is -2.34. The van der Waals surface area contributed by atoms with Crippen LogP contribution in [0.15, 0.2) is 47.0 Å². The Morgan fingerprint density at radius 3 is 2.36 bits per heavy atom. The molecular formula is C31H40FN3O4. The number of nitrogens with zero attached hydrogens (tertiary/aromatic N) is 3. The highest BCUT2D eigenvalue weighted by Crippen LogP contribution is 2.30. The van der Waals surface area contributed by atoms with Gasteiger partial charge in [0.15, 0.2) is 17.2 Å². The van der Waals surface area contributed by atoms with Crippen molar-refractivity contribution < 1.29 is 23.2 Å². The zero-order valence-electron chi connectivity index (χ0n) is 23.0. The minimum absolute atomic E-state index is 0.0468. The molecule has 1 aliphatic rings. The van der Waals surface area contributed by atoms with Gasteiger partial charge >= 0.3 is 5.97 Å². The molecule has 1 saturated heterocycles. The van der Waals surface area contributed by atoms with Crippen molar-refractivity contribution in [3.8, 4) is 5.75 Å². The number of halogens is 1. The van der Waals surface area contributed by atoms with Crippen LogP contribution >= 0.6 is 0 Å². The predicted molar refractivity (Wildman–Crippen MR) is 151 cm³/mol. The van der Waals surface area contributed by atoms with Gasteiger partial charge in [-0.25, -0.2) is 4.39 Å². The van der Waals surface area contributed by atoms with Crippen LogP contribution < -0.4 is 9.64 Å². The Morgan fingerprint density at radius 2 is 1.62 bits per heavy atom. The predicted octanol–water partition coefficient (Wildman–Crippen LogP) is 6.80. The smallest absolute Gasteiger partial charge is 0.311 e. The van der Waals surface area contributed by atoms with E-state index in [4.69, 9.17) is 9.26 Å². The molecule has 210 valence electrons. The van der Waals surface area contributed by atoms with Crippen LogP contribution in [-0.2, 0) is 4.79 Å². The van der Waals surface area contributed by atoms with E-state index in [0.29, 0.717) is 29.7 Å². The maximum Gasteiger partial charge on any atom is 0.311 e. The minimum Gasteiger partial charge on any atom is -0.426 e. The van der Waals surface area contributed by atoms with Gasteiger partial charge in [0, 0.05) is 50.7 Å². The number of ketones is 1. The van der Waals surface area contributed by atoms with E-state index < -0.39 is 0 Å². The van der Waals surface area contributed by atoms with Gasteiger partial charge in [-0.1, -0.05) is 50.6 Å². The first-order valence-electron chi connectivity index (χ1n) is 14.4. The average molecular weight is 538 g/mol. The summed E-state index contributed by atoms with van der Waals surface area (Å²) in [7, 11) is 0. The Kier molecular flexibility index (Phi) is 10.9. The van der Waals surface area contributed by atoms with E-state index in [2.05, 4.69) is 21.9 Å². The summed E-state index contributed by atoms with van der Waals surface area (Å²) in [4.78, 5) is 29.1. The van der Waals surface area contributed by atoms with Crippen molar-refractivity contribution in [3.05, 3.63) is 53.8 Å². The molecule has 4 rings (SSSR count). The van der Waals surface area contributed by atoms with Gasteiger partial charge in [-0.3, -0.25) is 14.5 Å². The highest BCUT2D eigenvalue weighted by atomic mass is 19.1. The molecule has 1 fully saturated rings. The second kappa shape index (κ2) is 14.8. The van der Waals surface area contributed by atoms with E-state index >= 15 is 0 Å². The number of fused-ring (bicyclic) bond motifs is 1. The van der Waals surface area contributed by atoms with Crippen LogP contribution in [0.25, 0.3) is 11.0 Å². The van der Waals surface area contributed by atoms with E-state index in [-0.39, 0.29) is 17.6 Å². The number of aromatic nitrogens is 1. The molecule has 0 bridgehead atoms. The lowest BCUT2D eigenvalue weighted by atomic mass is 10.1. The van der Waals surface area contributed by atoms with Crippen LogP contribution in [0.1, 0.15) is 81.5 Å². The van der Waals surface area contributed by atoms with Gasteiger partial charge in [0.1, 0.15) is 11.6 Å². The van der Waals surface area contributed by atoms with Crippen LogP contribution in [0.3, 0.4) is 0 Å². The number of unbranched alkanes of at least 4 members (excludes halogenated alkanes) is 6. The number of hydrogen-bond acceptors (Lipinski definition) is 7. The number of ether oxygens (including phenoxy) is 1. The Morgan fingerprint density at radius 1 is 0.897 bits per heavy atom. The van der Waals surface area contributed by atoms with Crippen molar-refractivity contribution in [2.24, 2.45) is 0 Å². The summed E-state index contributed by atoms with van der Waals surface area (Å²) in [5.41, 5.74) is 1.16. The Hall–Kier alpha value is -3.26. The van der Waals surface area contributed by atoms with Crippen molar-refractivity contribution in [3.63, 3.8) is 0 Å². The zero-order valence-corrected chi connectivity index (χ0v) is 23.0. The molecule has 0 atom stereocenters. The lowest BCUT2D eigenvalue weighted by molar-refractivity contribution is -0.134. The van der Waals surface area contributed by atoms with E-state index in [1.165, 1.54) is 44.2 Å². The number of benzene rings is 2. The molecule has 0 unspecified atom stereocenters. The molecule has 0 N–H and O–H groups in total. The fourth-order valence-corrected chi connectivity index (χ4v) is 5.03. The van der Waals surface area contributed by atoms with E-state index in [9.17, 15) is 14.0 Å². The number of anilines is 1. The summed E-state index contributed by atoms with van der Waals surface area (Å²) in [5.74, 6) is 0.793. The summed E-state index contributed by atoms with van der Waals surface area (Å²) in [5, 5.41) is 5.20. The number of esters is 1. The number of carbonyl (C=O) groups is 2. The largest absolute Gasteiger partial charge is 0.426 e. The third-order valence-corrected chi connectivity index (χ3v) is 7.36. The maximum atomic E-state index is 13.1. The standard InChI is InChI=1S/C31H40FN3O4/c1-2-3-4-5-6-7-8-11-30(37)38-26-16-17-27-29(23-26)39-33-31(27)35-21-19-34(20-22-35)18-9-10-28(36)24-12-14-25(32)15-13-24/h12-17,23H,2-11,18-22H2,1H3. The Bertz CT molecular complexity index is 1200. The van der Waals surface area contributed by atoms with Gasteiger partial charge in [0.25, 0.3) is 0 Å². The molecule has 0 aliphatic carbocycles. The van der Waals surface area contributed by atoms with Crippen LogP contribution in [-0.4, -0.2) is 54.5 Å². The average Bonchev–Trinajstić information content (AvgIpc) is 3.36. The quantitative estimate of drug-likeness (QED) is 0.0913. The van der Waals surface area contributed by atoms with Gasteiger partial charge in [-0.05, 0) is 55.8 Å². The Balaban J connectivity index is 1.18. The van der Waals surface area contributed by atoms with E-state index in [1.54, 1.807) is 24.3 Å². The fraction of sp³-hybridized carbons (Fsp3) is 0.516. The highest BCUT2D eigenvalue weighted by molar-refractivity contribution is 5.96. The minimum atomic E-state index is -0.331. The van der Waals surface area contributed by atoms with Crippen molar-refractivity contribution in [2.75, 3.05) is 37.6 Å². The van der Waals surface area contributed by atoms with Gasteiger partial charge < -0.3 is 14.2 Å². The molecular weight excluding hydrogens is 497 g/mol. The molecule has 0 amide bonds. The van der Waals surface area contributed by atoms with Gasteiger partial charge in [-0.15, -0.1) is 0 Å². The molecule has 39 heavy (non-hydrogen) atoms. The van der Waals surface area contributed by atoms with Crippen molar-refractivity contribution in [1.82, 2.24) is 10.1 Å². The SMILES string of the molecule is CCCCCCCCCC(=O)Oc1ccc2c(N3CCN(CCCC(=O)c4ccc(F)cc4)CC3)noc2c1. The third kappa shape index (κ3) is 8.62. The summed E-state index contributed by atoms with van der Waals surface area (Å²) in [6, 6.07) is 11.2. The van der Waals surface area contributed by atoms with E-state index in [0.717, 1.165) is 63.2 Å². The van der Waals surface area contributed by atoms with Gasteiger partial charge in [0.2, 0.25) is 0 Å². The van der Waals surface area contributed by atoms with Crippen molar-refractivity contribution in [2.45, 2.75) is 71.1 Å². The maximum absolute atomic E-state index is 13.1. The molecule has 7 nitrogen and oxygen atoms in total. The number of piperazine rings is 1. The van der Waals surface area contributed by atoms with Crippen LogP contribution in [0.5, 0.6) is 5.75 Å². The molecule has 0 spiro atoms. The Labute approximate surface area is 230 Å². The second-order valence-electron chi connectivity index (χ2n) is 10.4. The summed E-state index contributed by atoms with van der Waals surface area (Å²) in [6.45, 7) is 6.41. The summed E-state index contributed by atoms with van der Waals surface area (Å²) in [6.07, 6.45) is 9.78. The van der Waals surface area contributed by atoms with Crippen LogP contribution in [0, 0.1) is 5.82 Å². The first-order chi connectivity index (χ1) is 19.0. The fourth-order valence-electron chi connectivity index (χ4n) is 5.03. The molecule has 2 aromatic carbocycles. The molecule has 0 saturated carbocycles. The number of carbonyl (C=O) groups excluding carboxylic acids is 2. The monoisotopic (exact) mass is 537 g/mol. The zero-order chi connectivity index (χ0) is 27.5. The molecule has 1 aliphatic heterocycles. The molecule has 3 aromatic rings. The highest BCUT2D eigenvalue weighted by Gasteiger charge is 2.22. The third-order valence-electron chi connectivity index (χ3n) is 7.36. The topological polar surface area (TPSA) is 75.9 Å². The molecule has 0 radical (unpaired) electrons. The number of Topliss-reactive ketones (excluding diaryl/α,β-unsaturated/α-hetero) is 1. The summed E-state index contributed by atoms with van der Waals surface area (Å²) < 4.78 is 24.2. The summed E-state index contributed by atoms with van der Waals surface area (Å²) >= 11 is 0. The molecule has 1 aromatic heterocycles. The normalized spacial score (nSPS) is 14.2. The van der Waals surface area contributed by atoms with Crippen LogP contribution in [0.4, 0.5) is 10.2 Å². The second-order valence-corrected chi connectivity index (χ2v) is 10.4. The first kappa shape index (κ1) is 28.7. The number of hydrogen-bond donors (Lipinski definition) is 0. The van der Waals surface area contributed by atoms with E-state index in [1.807, 2.05) is 6.07 Å².